The minimum atomic E-state index is -0.242. The van der Waals surface area contributed by atoms with Crippen molar-refractivity contribution in [2.45, 2.75) is 0 Å². The van der Waals surface area contributed by atoms with Crippen molar-refractivity contribution in [2.24, 2.45) is 0 Å². The molecule has 2 aromatic carbocycles. The first kappa shape index (κ1) is 15.5. The van der Waals surface area contributed by atoms with Gasteiger partial charge in [0.15, 0.2) is 5.65 Å². The summed E-state index contributed by atoms with van der Waals surface area (Å²) in [6.07, 6.45) is 1.54. The summed E-state index contributed by atoms with van der Waals surface area (Å²) in [5.41, 5.74) is 3.92. The lowest BCUT2D eigenvalue weighted by atomic mass is 10.1. The van der Waals surface area contributed by atoms with E-state index in [0.29, 0.717) is 22.5 Å². The zero-order valence-corrected chi connectivity index (χ0v) is 13.5. The molecule has 0 spiro atoms. The Morgan fingerprint density at radius 3 is 2.73 bits per heavy atom. The van der Waals surface area contributed by atoms with Gasteiger partial charge in [-0.25, -0.2) is 0 Å². The summed E-state index contributed by atoms with van der Waals surface area (Å²) in [4.78, 5) is 12.4. The number of amides is 1. The lowest BCUT2D eigenvalue weighted by Gasteiger charge is -2.08. The second kappa shape index (κ2) is 6.45. The van der Waals surface area contributed by atoms with Crippen LogP contribution in [-0.2, 0) is 0 Å². The normalized spacial score (nSPS) is 10.4. The van der Waals surface area contributed by atoms with Gasteiger partial charge in [-0.3, -0.25) is 4.79 Å². The SMILES string of the molecule is N#Cc1ccc(C(=O)Nc2cccc(-c3ccc4nncn4n3)c2)cc1. The third kappa shape index (κ3) is 2.99. The molecule has 26 heavy (non-hydrogen) atoms. The van der Waals surface area contributed by atoms with Crippen molar-refractivity contribution in [2.75, 3.05) is 5.32 Å². The number of carbonyl (C=O) groups excluding carboxylic acids is 1. The summed E-state index contributed by atoms with van der Waals surface area (Å²) < 4.78 is 1.59. The minimum absolute atomic E-state index is 0.242. The van der Waals surface area contributed by atoms with Crippen molar-refractivity contribution in [3.8, 4) is 17.3 Å². The molecule has 0 saturated heterocycles. The molecule has 0 bridgehead atoms. The highest BCUT2D eigenvalue weighted by Crippen LogP contribution is 2.21. The van der Waals surface area contributed by atoms with Crippen molar-refractivity contribution in [1.82, 2.24) is 19.8 Å². The largest absolute Gasteiger partial charge is 0.322 e. The van der Waals surface area contributed by atoms with Crippen molar-refractivity contribution < 1.29 is 4.79 Å². The minimum Gasteiger partial charge on any atom is -0.322 e. The second-order valence-corrected chi connectivity index (χ2v) is 5.58. The molecule has 0 radical (unpaired) electrons. The summed E-state index contributed by atoms with van der Waals surface area (Å²) in [5, 5.41) is 23.9. The number of anilines is 1. The lowest BCUT2D eigenvalue weighted by Crippen LogP contribution is -2.11. The van der Waals surface area contributed by atoms with Gasteiger partial charge in [-0.15, -0.1) is 10.2 Å². The molecular formula is C19H12N6O. The Balaban J connectivity index is 1.58. The van der Waals surface area contributed by atoms with Gasteiger partial charge in [0.1, 0.15) is 6.33 Å². The predicted octanol–water partition coefficient (Wildman–Crippen LogP) is 2.92. The van der Waals surface area contributed by atoms with Crippen LogP contribution < -0.4 is 5.32 Å². The maximum Gasteiger partial charge on any atom is 0.255 e. The number of nitrogens with zero attached hydrogens (tertiary/aromatic N) is 5. The zero-order valence-electron chi connectivity index (χ0n) is 13.5. The van der Waals surface area contributed by atoms with E-state index in [4.69, 9.17) is 5.26 Å². The van der Waals surface area contributed by atoms with E-state index >= 15 is 0 Å². The molecule has 7 nitrogen and oxygen atoms in total. The first-order valence-corrected chi connectivity index (χ1v) is 7.82. The van der Waals surface area contributed by atoms with Gasteiger partial charge in [0.2, 0.25) is 0 Å². The molecule has 0 saturated carbocycles. The lowest BCUT2D eigenvalue weighted by molar-refractivity contribution is 0.102. The Morgan fingerprint density at radius 2 is 1.92 bits per heavy atom. The summed E-state index contributed by atoms with van der Waals surface area (Å²) >= 11 is 0. The predicted molar refractivity (Wildman–Crippen MR) is 95.3 cm³/mol. The summed E-state index contributed by atoms with van der Waals surface area (Å²) in [6.45, 7) is 0. The fourth-order valence-corrected chi connectivity index (χ4v) is 2.54. The van der Waals surface area contributed by atoms with Gasteiger partial charge in [0.25, 0.3) is 5.91 Å². The molecule has 1 amide bonds. The summed E-state index contributed by atoms with van der Waals surface area (Å²) in [6, 6.07) is 19.6. The Labute approximate surface area is 148 Å². The molecule has 0 aliphatic carbocycles. The number of benzene rings is 2. The molecule has 1 N–H and O–H groups in total. The molecule has 4 rings (SSSR count). The van der Waals surface area contributed by atoms with E-state index in [9.17, 15) is 4.79 Å². The van der Waals surface area contributed by atoms with Gasteiger partial charge in [-0.2, -0.15) is 14.9 Å². The molecule has 2 heterocycles. The maximum atomic E-state index is 12.4. The van der Waals surface area contributed by atoms with Crippen LogP contribution in [-0.4, -0.2) is 25.7 Å². The number of aromatic nitrogens is 4. The van der Waals surface area contributed by atoms with Crippen molar-refractivity contribution in [1.29, 1.82) is 5.26 Å². The number of rotatable bonds is 3. The second-order valence-electron chi connectivity index (χ2n) is 5.58. The molecule has 0 unspecified atom stereocenters. The molecule has 0 atom stereocenters. The van der Waals surface area contributed by atoms with Crippen LogP contribution in [0.5, 0.6) is 0 Å². The molecule has 0 aliphatic rings. The molecule has 124 valence electrons. The third-order valence-electron chi connectivity index (χ3n) is 3.85. The van der Waals surface area contributed by atoms with E-state index < -0.39 is 0 Å². The number of nitrogens with one attached hydrogen (secondary N) is 1. The Bertz CT molecular complexity index is 1140. The molecule has 0 fully saturated rings. The highest BCUT2D eigenvalue weighted by Gasteiger charge is 2.08. The van der Waals surface area contributed by atoms with Crippen LogP contribution in [0.4, 0.5) is 5.69 Å². The topological polar surface area (TPSA) is 96.0 Å². The number of fused-ring (bicyclic) bond motifs is 1. The summed E-state index contributed by atoms with van der Waals surface area (Å²) in [7, 11) is 0. The van der Waals surface area contributed by atoms with Gasteiger partial charge in [-0.05, 0) is 48.5 Å². The fourth-order valence-electron chi connectivity index (χ4n) is 2.54. The van der Waals surface area contributed by atoms with Crippen molar-refractivity contribution >= 4 is 17.2 Å². The van der Waals surface area contributed by atoms with E-state index in [-0.39, 0.29) is 5.91 Å². The number of hydrogen-bond donors (Lipinski definition) is 1. The smallest absolute Gasteiger partial charge is 0.255 e. The summed E-state index contributed by atoms with van der Waals surface area (Å²) in [5.74, 6) is -0.242. The van der Waals surface area contributed by atoms with Gasteiger partial charge in [-0.1, -0.05) is 12.1 Å². The van der Waals surface area contributed by atoms with Crippen LogP contribution >= 0.6 is 0 Å². The van der Waals surface area contributed by atoms with E-state index in [0.717, 1.165) is 11.3 Å². The molecule has 7 heteroatoms. The Hall–Kier alpha value is -4.05. The first-order valence-electron chi connectivity index (χ1n) is 7.82. The fraction of sp³-hybridized carbons (Fsp3) is 0. The average Bonchev–Trinajstić information content (AvgIpc) is 3.16. The third-order valence-corrected chi connectivity index (χ3v) is 3.85. The highest BCUT2D eigenvalue weighted by molar-refractivity contribution is 6.04. The van der Waals surface area contributed by atoms with Crippen LogP contribution in [0, 0.1) is 11.3 Å². The molecule has 0 aliphatic heterocycles. The first-order chi connectivity index (χ1) is 12.7. The van der Waals surface area contributed by atoms with E-state index in [1.54, 1.807) is 28.8 Å². The van der Waals surface area contributed by atoms with Crippen LogP contribution in [0.2, 0.25) is 0 Å². The number of hydrogen-bond acceptors (Lipinski definition) is 5. The molecule has 4 aromatic rings. The Kier molecular flexibility index (Phi) is 3.84. The van der Waals surface area contributed by atoms with Crippen LogP contribution in [0.15, 0.2) is 67.0 Å². The van der Waals surface area contributed by atoms with E-state index in [1.165, 1.54) is 6.33 Å². The van der Waals surface area contributed by atoms with Gasteiger partial charge >= 0.3 is 0 Å². The zero-order chi connectivity index (χ0) is 17.9. The number of carbonyl (C=O) groups is 1. The maximum absolute atomic E-state index is 12.4. The van der Waals surface area contributed by atoms with E-state index in [1.807, 2.05) is 42.5 Å². The standard InChI is InChI=1S/C19H12N6O/c20-11-13-4-6-14(7-5-13)19(26)22-16-3-1-2-15(10-16)17-8-9-18-23-21-12-25(18)24-17/h1-10,12H,(H,22,26). The van der Waals surface area contributed by atoms with Crippen LogP contribution in [0.3, 0.4) is 0 Å². The molecular weight excluding hydrogens is 328 g/mol. The van der Waals surface area contributed by atoms with E-state index in [2.05, 4.69) is 20.6 Å². The van der Waals surface area contributed by atoms with Crippen LogP contribution in [0.1, 0.15) is 15.9 Å². The number of nitriles is 1. The van der Waals surface area contributed by atoms with Gasteiger partial charge in [0.05, 0.1) is 17.3 Å². The van der Waals surface area contributed by atoms with Crippen molar-refractivity contribution in [3.63, 3.8) is 0 Å². The Morgan fingerprint density at radius 1 is 1.08 bits per heavy atom. The molecule has 2 aromatic heterocycles. The quantitative estimate of drug-likeness (QED) is 0.618. The van der Waals surface area contributed by atoms with Crippen molar-refractivity contribution in [3.05, 3.63) is 78.1 Å². The van der Waals surface area contributed by atoms with Crippen LogP contribution in [0.25, 0.3) is 16.9 Å². The van der Waals surface area contributed by atoms with Gasteiger partial charge < -0.3 is 5.32 Å². The highest BCUT2D eigenvalue weighted by atomic mass is 16.1. The monoisotopic (exact) mass is 340 g/mol. The average molecular weight is 340 g/mol. The van der Waals surface area contributed by atoms with Gasteiger partial charge in [0, 0.05) is 16.8 Å².